The number of ether oxygens (including phenoxy) is 1. The molecule has 1 N–H and O–H groups in total. The first kappa shape index (κ1) is 20.1. The van der Waals surface area contributed by atoms with Crippen LogP contribution in [0.15, 0.2) is 66.3 Å². The number of fused-ring (bicyclic) bond motifs is 1. The number of amides is 1. The van der Waals surface area contributed by atoms with Crippen LogP contribution in [0.3, 0.4) is 0 Å². The molecule has 0 aliphatic heterocycles. The zero-order valence-corrected chi connectivity index (χ0v) is 17.6. The molecule has 0 unspecified atom stereocenters. The van der Waals surface area contributed by atoms with E-state index in [0.717, 1.165) is 10.8 Å². The summed E-state index contributed by atoms with van der Waals surface area (Å²) in [6, 6.07) is 14.4. The monoisotopic (exact) mass is 436 g/mol. The van der Waals surface area contributed by atoms with Crippen LogP contribution in [0.2, 0.25) is 5.02 Å². The number of carbonyl (C=O) groups excluding carboxylic acids is 2. The number of hydrogen-bond acceptors (Lipinski definition) is 5. The summed E-state index contributed by atoms with van der Waals surface area (Å²) in [5.74, 6) is -0.0417. The fraction of sp³-hybridized carbons (Fsp3) is 0.0870. The number of anilines is 1. The van der Waals surface area contributed by atoms with Crippen molar-refractivity contribution in [3.8, 4) is 5.75 Å². The Bertz CT molecular complexity index is 1240. The fourth-order valence-corrected chi connectivity index (χ4v) is 3.96. The van der Waals surface area contributed by atoms with Gasteiger partial charge in [-0.2, -0.15) is 0 Å². The number of pyridine rings is 1. The third-order valence-electron chi connectivity index (χ3n) is 4.62. The number of ketones is 1. The molecule has 0 fully saturated rings. The van der Waals surface area contributed by atoms with Crippen LogP contribution >= 0.6 is 22.9 Å². The van der Waals surface area contributed by atoms with Gasteiger partial charge in [0.2, 0.25) is 5.78 Å². The van der Waals surface area contributed by atoms with Crippen LogP contribution in [-0.4, -0.2) is 23.3 Å². The molecule has 1 amide bonds. The number of thiophene rings is 1. The first-order valence-corrected chi connectivity index (χ1v) is 10.4. The van der Waals surface area contributed by atoms with Crippen molar-refractivity contribution in [1.82, 2.24) is 4.98 Å². The van der Waals surface area contributed by atoms with Crippen molar-refractivity contribution in [2.24, 2.45) is 0 Å². The van der Waals surface area contributed by atoms with E-state index < -0.39 is 0 Å². The molecule has 4 aromatic rings. The standard InChI is InChI=1S/C23H17ClN2O3S/c1-14-18(23(28)20-3-2-10-30-20)6-7-19(22(14)24)29-13-21(27)26-17-5-4-15-8-9-25-12-16(15)11-17/h2-12H,13H2,1H3,(H,26,27). The summed E-state index contributed by atoms with van der Waals surface area (Å²) < 4.78 is 5.60. The van der Waals surface area contributed by atoms with E-state index in [1.54, 1.807) is 37.5 Å². The first-order valence-electron chi connectivity index (χ1n) is 9.16. The molecule has 0 aliphatic rings. The molecule has 4 rings (SSSR count). The van der Waals surface area contributed by atoms with Crippen molar-refractivity contribution in [3.05, 3.63) is 87.3 Å². The minimum Gasteiger partial charge on any atom is -0.482 e. The minimum absolute atomic E-state index is 0.0838. The Balaban J connectivity index is 1.43. The number of carbonyl (C=O) groups is 2. The highest BCUT2D eigenvalue weighted by Gasteiger charge is 2.17. The average molecular weight is 437 g/mol. The van der Waals surface area contributed by atoms with Gasteiger partial charge in [-0.25, -0.2) is 0 Å². The molecule has 2 aromatic heterocycles. The Kier molecular flexibility index (Phi) is 5.79. The normalized spacial score (nSPS) is 10.7. The molecule has 0 saturated heterocycles. The summed E-state index contributed by atoms with van der Waals surface area (Å²) in [5.41, 5.74) is 1.79. The summed E-state index contributed by atoms with van der Waals surface area (Å²) in [4.78, 5) is 29.6. The lowest BCUT2D eigenvalue weighted by atomic mass is 10.0. The molecule has 0 spiro atoms. The van der Waals surface area contributed by atoms with Gasteiger partial charge in [0.1, 0.15) is 5.75 Å². The van der Waals surface area contributed by atoms with Crippen LogP contribution in [0.1, 0.15) is 20.8 Å². The van der Waals surface area contributed by atoms with Gasteiger partial charge in [0.05, 0.1) is 9.90 Å². The van der Waals surface area contributed by atoms with Crippen LogP contribution in [0, 0.1) is 6.92 Å². The van der Waals surface area contributed by atoms with Crippen molar-refractivity contribution in [2.75, 3.05) is 11.9 Å². The summed E-state index contributed by atoms with van der Waals surface area (Å²) in [7, 11) is 0. The molecule has 2 heterocycles. The van der Waals surface area contributed by atoms with Crippen LogP contribution in [0.25, 0.3) is 10.8 Å². The van der Waals surface area contributed by atoms with Crippen molar-refractivity contribution in [1.29, 1.82) is 0 Å². The van der Waals surface area contributed by atoms with E-state index in [0.29, 0.717) is 32.5 Å². The quantitative estimate of drug-likeness (QED) is 0.405. The number of benzene rings is 2. The van der Waals surface area contributed by atoms with Gasteiger partial charge in [-0.3, -0.25) is 14.6 Å². The Morgan fingerprint density at radius 2 is 2.00 bits per heavy atom. The summed E-state index contributed by atoms with van der Waals surface area (Å²) in [6.07, 6.45) is 3.46. The maximum atomic E-state index is 12.6. The zero-order valence-electron chi connectivity index (χ0n) is 16.0. The molecule has 5 nitrogen and oxygen atoms in total. The second kappa shape index (κ2) is 8.65. The first-order chi connectivity index (χ1) is 14.5. The number of halogens is 1. The van der Waals surface area contributed by atoms with Crippen LogP contribution in [0.4, 0.5) is 5.69 Å². The van der Waals surface area contributed by atoms with Gasteiger partial charge in [0.15, 0.2) is 6.61 Å². The van der Waals surface area contributed by atoms with Crippen LogP contribution in [-0.2, 0) is 4.79 Å². The molecule has 2 aromatic carbocycles. The lowest BCUT2D eigenvalue weighted by Gasteiger charge is -2.12. The molecule has 0 radical (unpaired) electrons. The number of rotatable bonds is 6. The highest BCUT2D eigenvalue weighted by molar-refractivity contribution is 7.12. The molecule has 0 saturated carbocycles. The molecule has 0 aliphatic carbocycles. The van der Waals surface area contributed by atoms with E-state index >= 15 is 0 Å². The van der Waals surface area contributed by atoms with E-state index in [9.17, 15) is 9.59 Å². The van der Waals surface area contributed by atoms with Crippen LogP contribution in [0.5, 0.6) is 5.75 Å². The van der Waals surface area contributed by atoms with Gasteiger partial charge < -0.3 is 10.1 Å². The van der Waals surface area contributed by atoms with E-state index in [-0.39, 0.29) is 18.3 Å². The molecule has 0 bridgehead atoms. The lowest BCUT2D eigenvalue weighted by Crippen LogP contribution is -2.20. The van der Waals surface area contributed by atoms with E-state index in [4.69, 9.17) is 16.3 Å². The van der Waals surface area contributed by atoms with Gasteiger partial charge >= 0.3 is 0 Å². The minimum atomic E-state index is -0.314. The molecule has 0 atom stereocenters. The highest BCUT2D eigenvalue weighted by Crippen LogP contribution is 2.32. The smallest absolute Gasteiger partial charge is 0.262 e. The number of hydrogen-bond donors (Lipinski definition) is 1. The maximum Gasteiger partial charge on any atom is 0.262 e. The third-order valence-corrected chi connectivity index (χ3v) is 5.96. The summed E-state index contributed by atoms with van der Waals surface area (Å²) >= 11 is 7.78. The number of nitrogens with one attached hydrogen (secondary N) is 1. The van der Waals surface area contributed by atoms with E-state index in [2.05, 4.69) is 10.3 Å². The Morgan fingerprint density at radius 1 is 1.13 bits per heavy atom. The maximum absolute atomic E-state index is 12.6. The Labute approximate surface area is 182 Å². The van der Waals surface area contributed by atoms with Crippen molar-refractivity contribution >= 4 is 51.1 Å². The molecular formula is C23H17ClN2O3S. The molecule has 150 valence electrons. The second-order valence-corrected chi connectivity index (χ2v) is 7.96. The lowest BCUT2D eigenvalue weighted by molar-refractivity contribution is -0.118. The SMILES string of the molecule is Cc1c(C(=O)c2cccs2)ccc(OCC(=O)Nc2ccc3ccncc3c2)c1Cl. The molecule has 7 heteroatoms. The van der Waals surface area contributed by atoms with Gasteiger partial charge in [0.25, 0.3) is 5.91 Å². The van der Waals surface area contributed by atoms with Gasteiger partial charge in [-0.1, -0.05) is 23.7 Å². The predicted octanol–water partition coefficient (Wildman–Crippen LogP) is 5.51. The van der Waals surface area contributed by atoms with Crippen molar-refractivity contribution in [3.63, 3.8) is 0 Å². The molecular weight excluding hydrogens is 420 g/mol. The van der Waals surface area contributed by atoms with Crippen molar-refractivity contribution < 1.29 is 14.3 Å². The average Bonchev–Trinajstić information content (AvgIpc) is 3.29. The largest absolute Gasteiger partial charge is 0.482 e. The van der Waals surface area contributed by atoms with Crippen molar-refractivity contribution in [2.45, 2.75) is 6.92 Å². The molecule has 30 heavy (non-hydrogen) atoms. The summed E-state index contributed by atoms with van der Waals surface area (Å²) in [6.45, 7) is 1.56. The highest BCUT2D eigenvalue weighted by atomic mass is 35.5. The van der Waals surface area contributed by atoms with E-state index in [1.807, 2.05) is 35.7 Å². The van der Waals surface area contributed by atoms with Gasteiger partial charge in [-0.15, -0.1) is 11.3 Å². The number of aromatic nitrogens is 1. The summed E-state index contributed by atoms with van der Waals surface area (Å²) in [5, 5.41) is 6.95. The second-order valence-electron chi connectivity index (χ2n) is 6.63. The van der Waals surface area contributed by atoms with E-state index in [1.165, 1.54) is 11.3 Å². The number of nitrogens with zero attached hydrogens (tertiary/aromatic N) is 1. The topological polar surface area (TPSA) is 68.3 Å². The van der Waals surface area contributed by atoms with Gasteiger partial charge in [0, 0.05) is 29.0 Å². The zero-order chi connectivity index (χ0) is 21.1. The Morgan fingerprint density at radius 3 is 2.80 bits per heavy atom. The fourth-order valence-electron chi connectivity index (χ4n) is 3.06. The third kappa shape index (κ3) is 4.20. The predicted molar refractivity (Wildman–Crippen MR) is 120 cm³/mol. The van der Waals surface area contributed by atoms with Crippen LogP contribution < -0.4 is 10.1 Å². The van der Waals surface area contributed by atoms with Gasteiger partial charge in [-0.05, 0) is 59.7 Å². The Hall–Kier alpha value is -3.22.